The number of fused-ring (bicyclic) bond motifs is 1. The van der Waals surface area contributed by atoms with Gasteiger partial charge in [0, 0.05) is 30.2 Å². The number of nitrogens with zero attached hydrogens (tertiary/aromatic N) is 3. The number of Topliss-reactive ketones (excluding diaryl/α,β-unsaturated/α-hetero) is 1. The van der Waals surface area contributed by atoms with E-state index < -0.39 is 0 Å². The highest BCUT2D eigenvalue weighted by molar-refractivity contribution is 9.10. The summed E-state index contributed by atoms with van der Waals surface area (Å²) in [6.45, 7) is 0.815. The van der Waals surface area contributed by atoms with Gasteiger partial charge in [0.25, 0.3) is 0 Å². The fourth-order valence-electron chi connectivity index (χ4n) is 3.88. The van der Waals surface area contributed by atoms with Gasteiger partial charge in [-0.2, -0.15) is 0 Å². The largest absolute Gasteiger partial charge is 0.344 e. The number of benzene rings is 3. The lowest BCUT2D eigenvalue weighted by molar-refractivity contribution is -0.129. The smallest absolute Gasteiger partial charge is 0.226 e. The highest BCUT2D eigenvalue weighted by Crippen LogP contribution is 2.23. The van der Waals surface area contributed by atoms with Crippen molar-refractivity contribution in [1.82, 2.24) is 14.0 Å². The number of hydrogen-bond donors (Lipinski definition) is 1. The van der Waals surface area contributed by atoms with Crippen LogP contribution in [0.15, 0.2) is 77.3 Å². The van der Waals surface area contributed by atoms with Gasteiger partial charge in [0.1, 0.15) is 0 Å². The number of para-hydroxylation sites is 1. The van der Waals surface area contributed by atoms with Crippen molar-refractivity contribution in [2.45, 2.75) is 19.5 Å². The molecule has 0 saturated carbocycles. The van der Waals surface area contributed by atoms with E-state index in [4.69, 9.17) is 17.0 Å². The number of aromatic nitrogens is 2. The molecule has 0 aliphatic rings. The van der Waals surface area contributed by atoms with Crippen LogP contribution in [-0.4, -0.2) is 39.3 Å². The van der Waals surface area contributed by atoms with Crippen LogP contribution in [0, 0.1) is 5.41 Å². The van der Waals surface area contributed by atoms with Crippen molar-refractivity contribution in [1.29, 1.82) is 5.41 Å². The molecule has 0 radical (unpaired) electrons. The molecular weight excluding hydrogens is 596 g/mol. The van der Waals surface area contributed by atoms with Crippen molar-refractivity contribution in [2.24, 2.45) is 0 Å². The molecule has 0 unspecified atom stereocenters. The van der Waals surface area contributed by atoms with E-state index in [1.807, 2.05) is 54.6 Å². The number of hydrogen-bond acceptors (Lipinski definition) is 3. The Morgan fingerprint density at radius 2 is 1.66 bits per heavy atom. The molecule has 4 rings (SSSR count). The van der Waals surface area contributed by atoms with Gasteiger partial charge < -0.3 is 14.0 Å². The zero-order valence-corrected chi connectivity index (χ0v) is 23.1. The quantitative estimate of drug-likeness (QED) is 0.265. The summed E-state index contributed by atoms with van der Waals surface area (Å²) in [6.07, 6.45) is 0.319. The molecule has 1 N–H and O–H groups in total. The summed E-state index contributed by atoms with van der Waals surface area (Å²) in [4.78, 5) is 27.3. The number of likely N-dealkylation sites (N-methyl/N-ethyl adjacent to an activating group) is 1. The van der Waals surface area contributed by atoms with E-state index in [2.05, 4.69) is 15.9 Å². The molecule has 0 bridgehead atoms. The highest BCUT2D eigenvalue weighted by atomic mass is 79.9. The number of imidazole rings is 1. The third-order valence-corrected chi connectivity index (χ3v) is 6.62. The normalized spacial score (nSPS) is 10.7. The minimum absolute atomic E-state index is 0. The first-order chi connectivity index (χ1) is 16.3. The molecular formula is C26H25Br2ClN4O2. The Bertz CT molecular complexity index is 1400. The number of rotatable bonds is 8. The monoisotopic (exact) mass is 618 g/mol. The maximum Gasteiger partial charge on any atom is 0.226 e. The first-order valence-electron chi connectivity index (χ1n) is 10.8. The van der Waals surface area contributed by atoms with Crippen LogP contribution < -0.4 is 5.62 Å². The summed E-state index contributed by atoms with van der Waals surface area (Å²) in [5.41, 5.74) is 3.09. The van der Waals surface area contributed by atoms with Gasteiger partial charge in [0.15, 0.2) is 5.78 Å². The van der Waals surface area contributed by atoms with Crippen LogP contribution in [0.1, 0.15) is 15.9 Å². The molecule has 35 heavy (non-hydrogen) atoms. The third kappa shape index (κ3) is 6.12. The fraction of sp³-hybridized carbons (Fsp3) is 0.192. The Labute approximate surface area is 227 Å². The summed E-state index contributed by atoms with van der Waals surface area (Å²) < 4.78 is 4.32. The maximum absolute atomic E-state index is 12.9. The molecule has 6 nitrogen and oxygen atoms in total. The molecule has 0 aliphatic heterocycles. The van der Waals surface area contributed by atoms with Crippen LogP contribution in [-0.2, 0) is 24.3 Å². The van der Waals surface area contributed by atoms with Gasteiger partial charge in [-0.05, 0) is 29.8 Å². The number of nitrogens with one attached hydrogen (secondary N) is 1. The zero-order valence-electron chi connectivity index (χ0n) is 19.1. The van der Waals surface area contributed by atoms with E-state index >= 15 is 0 Å². The van der Waals surface area contributed by atoms with Crippen molar-refractivity contribution < 1.29 is 9.59 Å². The molecule has 1 aromatic heterocycles. The first kappa shape index (κ1) is 26.9. The molecule has 0 spiro atoms. The van der Waals surface area contributed by atoms with Gasteiger partial charge in [-0.3, -0.25) is 15.0 Å². The maximum atomic E-state index is 12.9. The van der Waals surface area contributed by atoms with Crippen LogP contribution in [0.2, 0.25) is 5.02 Å². The van der Waals surface area contributed by atoms with Crippen LogP contribution in [0.4, 0.5) is 0 Å². The van der Waals surface area contributed by atoms with Gasteiger partial charge in [0.2, 0.25) is 11.5 Å². The average Bonchev–Trinajstić information content (AvgIpc) is 3.10. The van der Waals surface area contributed by atoms with Crippen LogP contribution in [0.3, 0.4) is 0 Å². The van der Waals surface area contributed by atoms with Crippen molar-refractivity contribution in [2.75, 3.05) is 13.6 Å². The molecule has 0 fully saturated rings. The van der Waals surface area contributed by atoms with Crippen LogP contribution >= 0.6 is 44.5 Å². The second-order valence-electron chi connectivity index (χ2n) is 8.08. The summed E-state index contributed by atoms with van der Waals surface area (Å²) in [6, 6.07) is 22.2. The van der Waals surface area contributed by atoms with Gasteiger partial charge in [-0.1, -0.05) is 76.1 Å². The zero-order chi connectivity index (χ0) is 24.2. The number of carbonyl (C=O) groups excluding carboxylic acids is 2. The Balaban J connectivity index is 0.00000342. The molecule has 0 aliphatic carbocycles. The minimum Gasteiger partial charge on any atom is -0.344 e. The summed E-state index contributed by atoms with van der Waals surface area (Å²) in [5, 5.41) is 9.30. The van der Waals surface area contributed by atoms with E-state index in [0.717, 1.165) is 10.0 Å². The second-order valence-corrected chi connectivity index (χ2v) is 9.40. The number of halogens is 3. The number of amides is 1. The van der Waals surface area contributed by atoms with Gasteiger partial charge in [-0.15, -0.1) is 17.0 Å². The van der Waals surface area contributed by atoms with E-state index in [9.17, 15) is 9.59 Å². The Hall–Kier alpha value is -2.68. The summed E-state index contributed by atoms with van der Waals surface area (Å²) >= 11 is 9.90. The SMILES string of the molecule is Br.CN(CCn1c(=N)n(CC(=O)c2ccc(Br)cc2)c2cccc(Cl)c21)C(=O)Cc1ccccc1. The lowest BCUT2D eigenvalue weighted by Gasteiger charge is -2.18. The van der Waals surface area contributed by atoms with Gasteiger partial charge >= 0.3 is 0 Å². The lowest BCUT2D eigenvalue weighted by atomic mass is 10.1. The molecule has 1 amide bonds. The summed E-state index contributed by atoms with van der Waals surface area (Å²) in [5.74, 6) is -0.0984. The van der Waals surface area contributed by atoms with Crippen LogP contribution in [0.25, 0.3) is 11.0 Å². The number of carbonyl (C=O) groups is 2. The predicted octanol–water partition coefficient (Wildman–Crippen LogP) is 5.50. The first-order valence-corrected chi connectivity index (χ1v) is 12.0. The van der Waals surface area contributed by atoms with E-state index in [-0.39, 0.29) is 40.8 Å². The predicted molar refractivity (Wildman–Crippen MR) is 147 cm³/mol. The second kappa shape index (κ2) is 11.8. The Kier molecular flexibility index (Phi) is 9.10. The van der Waals surface area contributed by atoms with Gasteiger partial charge in [-0.25, -0.2) is 0 Å². The Morgan fingerprint density at radius 3 is 2.34 bits per heavy atom. The van der Waals surface area contributed by atoms with Crippen molar-refractivity contribution in [3.05, 3.63) is 99.0 Å². The molecule has 0 atom stereocenters. The molecule has 9 heteroatoms. The molecule has 3 aromatic carbocycles. The van der Waals surface area contributed by atoms with E-state index in [1.165, 1.54) is 0 Å². The minimum atomic E-state index is -0.0971. The summed E-state index contributed by atoms with van der Waals surface area (Å²) in [7, 11) is 1.76. The van der Waals surface area contributed by atoms with E-state index in [0.29, 0.717) is 41.1 Å². The third-order valence-electron chi connectivity index (χ3n) is 5.79. The molecule has 1 heterocycles. The highest BCUT2D eigenvalue weighted by Gasteiger charge is 2.18. The topological polar surface area (TPSA) is 71.1 Å². The lowest BCUT2D eigenvalue weighted by Crippen LogP contribution is -2.34. The van der Waals surface area contributed by atoms with Gasteiger partial charge in [0.05, 0.1) is 29.0 Å². The van der Waals surface area contributed by atoms with Crippen LogP contribution in [0.5, 0.6) is 0 Å². The molecule has 182 valence electrons. The molecule has 0 saturated heterocycles. The Morgan fingerprint density at radius 1 is 0.971 bits per heavy atom. The van der Waals surface area contributed by atoms with Crippen molar-refractivity contribution in [3.8, 4) is 0 Å². The van der Waals surface area contributed by atoms with E-state index in [1.54, 1.807) is 39.3 Å². The van der Waals surface area contributed by atoms with Crippen molar-refractivity contribution in [3.63, 3.8) is 0 Å². The fourth-order valence-corrected chi connectivity index (χ4v) is 4.42. The standard InChI is InChI=1S/C26H24BrClN4O2.BrH/c1-30(24(34)16-18-6-3-2-4-7-18)14-15-31-25-21(28)8-5-9-22(25)32(26(31)29)17-23(33)19-10-12-20(27)13-11-19;/h2-13,29H,14-17H2,1H3;1H. The van der Waals surface area contributed by atoms with Crippen molar-refractivity contribution >= 4 is 67.2 Å². The number of ketones is 1. The molecule has 4 aromatic rings. The average molecular weight is 621 g/mol.